The largest absolute Gasteiger partial charge is 0.497 e. The fourth-order valence-electron chi connectivity index (χ4n) is 1.80. The molecule has 1 atom stereocenters. The van der Waals surface area contributed by atoms with Crippen LogP contribution in [0.25, 0.3) is 0 Å². The van der Waals surface area contributed by atoms with Crippen LogP contribution in [-0.4, -0.2) is 31.3 Å². The fourth-order valence-corrected chi connectivity index (χ4v) is 1.80. The van der Waals surface area contributed by atoms with Gasteiger partial charge in [-0.2, -0.15) is 0 Å². The number of carbonyl (C=O) groups is 1. The zero-order chi connectivity index (χ0) is 13.5. The van der Waals surface area contributed by atoms with E-state index in [-0.39, 0.29) is 5.92 Å². The first-order valence-electron chi connectivity index (χ1n) is 6.20. The van der Waals surface area contributed by atoms with Crippen molar-refractivity contribution in [3.05, 3.63) is 24.3 Å². The van der Waals surface area contributed by atoms with Crippen molar-refractivity contribution in [1.29, 1.82) is 0 Å². The maximum absolute atomic E-state index is 10.9. The third kappa shape index (κ3) is 3.95. The van der Waals surface area contributed by atoms with Gasteiger partial charge in [-0.15, -0.1) is 0 Å². The highest BCUT2D eigenvalue weighted by Gasteiger charge is 2.16. The van der Waals surface area contributed by atoms with Crippen LogP contribution in [0.3, 0.4) is 0 Å². The molecule has 0 fully saturated rings. The molecule has 100 valence electrons. The van der Waals surface area contributed by atoms with E-state index < -0.39 is 5.97 Å². The Bertz CT molecular complexity index is 375. The van der Waals surface area contributed by atoms with Gasteiger partial charge in [0.25, 0.3) is 0 Å². The smallest absolute Gasteiger partial charge is 0.308 e. The fraction of sp³-hybridized carbons (Fsp3) is 0.500. The Kier molecular flexibility index (Phi) is 5.49. The number of aliphatic carboxylic acids is 1. The number of rotatable bonds is 7. The highest BCUT2D eigenvalue weighted by atomic mass is 16.5. The third-order valence-electron chi connectivity index (χ3n) is 2.85. The maximum Gasteiger partial charge on any atom is 0.308 e. The lowest BCUT2D eigenvalue weighted by Gasteiger charge is -2.26. The van der Waals surface area contributed by atoms with E-state index in [2.05, 4.69) is 11.8 Å². The molecule has 1 N–H and O–H groups in total. The number of ether oxygens (including phenoxy) is 1. The Hall–Kier alpha value is -1.71. The molecule has 4 nitrogen and oxygen atoms in total. The van der Waals surface area contributed by atoms with Crippen molar-refractivity contribution >= 4 is 11.7 Å². The standard InChI is InChI=1S/C14H21NO3/c1-4-9-15(10-11(2)14(16)17)12-5-7-13(18-3)8-6-12/h5-8,11H,4,9-10H2,1-3H3,(H,16,17). The van der Waals surface area contributed by atoms with Gasteiger partial charge < -0.3 is 14.7 Å². The molecule has 0 saturated heterocycles. The predicted octanol–water partition coefficient (Wildman–Crippen LogP) is 2.63. The molecule has 1 aromatic carbocycles. The molecule has 0 saturated carbocycles. The lowest BCUT2D eigenvalue weighted by atomic mass is 10.1. The van der Waals surface area contributed by atoms with E-state index in [1.54, 1.807) is 14.0 Å². The summed E-state index contributed by atoms with van der Waals surface area (Å²) in [4.78, 5) is 13.0. The Morgan fingerprint density at radius 2 is 2.00 bits per heavy atom. The summed E-state index contributed by atoms with van der Waals surface area (Å²) in [5, 5.41) is 8.98. The van der Waals surface area contributed by atoms with E-state index in [0.717, 1.165) is 24.4 Å². The Morgan fingerprint density at radius 3 is 2.44 bits per heavy atom. The van der Waals surface area contributed by atoms with Crippen LogP contribution >= 0.6 is 0 Å². The molecule has 0 bridgehead atoms. The van der Waals surface area contributed by atoms with Crippen molar-refractivity contribution in [2.45, 2.75) is 20.3 Å². The second-order valence-corrected chi connectivity index (χ2v) is 4.38. The Labute approximate surface area is 108 Å². The van der Waals surface area contributed by atoms with E-state index in [0.29, 0.717) is 6.54 Å². The molecule has 18 heavy (non-hydrogen) atoms. The van der Waals surface area contributed by atoms with Crippen LogP contribution in [0.15, 0.2) is 24.3 Å². The van der Waals surface area contributed by atoms with E-state index >= 15 is 0 Å². The summed E-state index contributed by atoms with van der Waals surface area (Å²) in [6.07, 6.45) is 0.984. The number of carboxylic acid groups (broad SMARTS) is 1. The van der Waals surface area contributed by atoms with E-state index in [4.69, 9.17) is 9.84 Å². The molecular weight excluding hydrogens is 230 g/mol. The average molecular weight is 251 g/mol. The number of carboxylic acids is 1. The molecule has 1 aromatic rings. The number of hydrogen-bond acceptors (Lipinski definition) is 3. The SMILES string of the molecule is CCCN(CC(C)C(=O)O)c1ccc(OC)cc1. The number of benzene rings is 1. The topological polar surface area (TPSA) is 49.8 Å². The van der Waals surface area contributed by atoms with E-state index in [1.807, 2.05) is 24.3 Å². The molecule has 0 aromatic heterocycles. The summed E-state index contributed by atoms with van der Waals surface area (Å²) < 4.78 is 5.12. The average Bonchev–Trinajstić information content (AvgIpc) is 2.38. The monoisotopic (exact) mass is 251 g/mol. The lowest BCUT2D eigenvalue weighted by molar-refractivity contribution is -0.140. The number of hydrogen-bond donors (Lipinski definition) is 1. The minimum atomic E-state index is -0.760. The van der Waals surface area contributed by atoms with Gasteiger partial charge in [-0.3, -0.25) is 4.79 Å². The molecule has 0 radical (unpaired) electrons. The predicted molar refractivity (Wildman–Crippen MR) is 72.3 cm³/mol. The highest BCUT2D eigenvalue weighted by Crippen LogP contribution is 2.20. The van der Waals surface area contributed by atoms with Gasteiger partial charge in [0.1, 0.15) is 5.75 Å². The van der Waals surface area contributed by atoms with E-state index in [1.165, 1.54) is 0 Å². The number of anilines is 1. The quantitative estimate of drug-likeness (QED) is 0.809. The number of methoxy groups -OCH3 is 1. The summed E-state index contributed by atoms with van der Waals surface area (Å²) in [5.74, 6) is -0.329. The molecule has 1 unspecified atom stereocenters. The Balaban J connectivity index is 2.79. The van der Waals surface area contributed by atoms with Crippen molar-refractivity contribution in [3.8, 4) is 5.75 Å². The maximum atomic E-state index is 10.9. The third-order valence-corrected chi connectivity index (χ3v) is 2.85. The highest BCUT2D eigenvalue weighted by molar-refractivity contribution is 5.70. The van der Waals surface area contributed by atoms with Crippen LogP contribution in [0.1, 0.15) is 20.3 Å². The molecule has 0 aliphatic carbocycles. The van der Waals surface area contributed by atoms with Gasteiger partial charge in [0, 0.05) is 18.8 Å². The lowest BCUT2D eigenvalue weighted by Crippen LogP contribution is -2.32. The normalized spacial score (nSPS) is 11.9. The summed E-state index contributed by atoms with van der Waals surface area (Å²) in [7, 11) is 1.63. The minimum Gasteiger partial charge on any atom is -0.497 e. The first-order chi connectivity index (χ1) is 8.58. The van der Waals surface area contributed by atoms with Crippen molar-refractivity contribution in [3.63, 3.8) is 0 Å². The molecule has 4 heteroatoms. The van der Waals surface area contributed by atoms with Gasteiger partial charge in [0.15, 0.2) is 0 Å². The van der Waals surface area contributed by atoms with Crippen LogP contribution in [-0.2, 0) is 4.79 Å². The first kappa shape index (κ1) is 14.4. The van der Waals surface area contributed by atoms with Gasteiger partial charge in [0.2, 0.25) is 0 Å². The van der Waals surface area contributed by atoms with Gasteiger partial charge in [-0.1, -0.05) is 13.8 Å². The van der Waals surface area contributed by atoms with Crippen molar-refractivity contribution in [2.24, 2.45) is 5.92 Å². The van der Waals surface area contributed by atoms with Gasteiger partial charge >= 0.3 is 5.97 Å². The molecular formula is C14H21NO3. The Morgan fingerprint density at radius 1 is 1.39 bits per heavy atom. The number of nitrogens with zero attached hydrogens (tertiary/aromatic N) is 1. The van der Waals surface area contributed by atoms with Crippen LogP contribution in [0.2, 0.25) is 0 Å². The molecule has 0 heterocycles. The second-order valence-electron chi connectivity index (χ2n) is 4.38. The molecule has 0 aliphatic rings. The van der Waals surface area contributed by atoms with Crippen LogP contribution in [0.4, 0.5) is 5.69 Å². The summed E-state index contributed by atoms with van der Waals surface area (Å²) in [5.41, 5.74) is 1.03. The molecule has 1 rings (SSSR count). The molecule has 0 amide bonds. The molecule has 0 spiro atoms. The van der Waals surface area contributed by atoms with Crippen molar-refractivity contribution in [2.75, 3.05) is 25.1 Å². The minimum absolute atomic E-state index is 0.376. The zero-order valence-corrected chi connectivity index (χ0v) is 11.2. The zero-order valence-electron chi connectivity index (χ0n) is 11.2. The summed E-state index contributed by atoms with van der Waals surface area (Å²) in [6, 6.07) is 7.71. The summed E-state index contributed by atoms with van der Waals surface area (Å²) in [6.45, 7) is 5.19. The first-order valence-corrected chi connectivity index (χ1v) is 6.20. The van der Waals surface area contributed by atoms with Gasteiger partial charge in [-0.05, 0) is 30.7 Å². The van der Waals surface area contributed by atoms with E-state index in [9.17, 15) is 4.79 Å². The van der Waals surface area contributed by atoms with Crippen molar-refractivity contribution in [1.82, 2.24) is 0 Å². The second kappa shape index (κ2) is 6.89. The van der Waals surface area contributed by atoms with Crippen LogP contribution in [0, 0.1) is 5.92 Å². The van der Waals surface area contributed by atoms with Crippen molar-refractivity contribution < 1.29 is 14.6 Å². The van der Waals surface area contributed by atoms with Crippen LogP contribution in [0.5, 0.6) is 5.75 Å². The van der Waals surface area contributed by atoms with Crippen LogP contribution < -0.4 is 9.64 Å². The van der Waals surface area contributed by atoms with Gasteiger partial charge in [-0.25, -0.2) is 0 Å². The summed E-state index contributed by atoms with van der Waals surface area (Å²) >= 11 is 0. The molecule has 0 aliphatic heterocycles. The van der Waals surface area contributed by atoms with Gasteiger partial charge in [0.05, 0.1) is 13.0 Å².